The Morgan fingerprint density at radius 3 is 1.26 bits per heavy atom. The molecule has 0 aliphatic rings. The van der Waals surface area contributed by atoms with Crippen LogP contribution >= 0.6 is 0 Å². The first-order valence-electron chi connectivity index (χ1n) is 7.93. The average Bonchev–Trinajstić information content (AvgIpc) is 2.45. The molecule has 0 bridgehead atoms. The highest BCUT2D eigenvalue weighted by atomic mass is 16.3. The molecule has 0 aromatic heterocycles. The molecule has 0 spiro atoms. The second-order valence-corrected chi connectivity index (χ2v) is 6.45. The van der Waals surface area contributed by atoms with Crippen LogP contribution in [0.1, 0.15) is 22.3 Å². The maximum absolute atomic E-state index is 10.9. The molecule has 0 aliphatic heterocycles. The second kappa shape index (κ2) is 5.92. The van der Waals surface area contributed by atoms with Crippen molar-refractivity contribution in [2.75, 3.05) is 0 Å². The Hall–Kier alpha value is -2.54. The lowest BCUT2D eigenvalue weighted by atomic mass is 9.94. The van der Waals surface area contributed by atoms with Crippen LogP contribution in [-0.4, -0.2) is 5.11 Å². The molecule has 1 nitrogen and oxygen atoms in total. The summed E-state index contributed by atoms with van der Waals surface area (Å²) in [5.74, 6) is 0.350. The zero-order valence-corrected chi connectivity index (χ0v) is 14.1. The quantitative estimate of drug-likeness (QED) is 0.619. The molecule has 3 aromatic carbocycles. The number of phenolic OH excluding ortho intramolecular Hbond substituents is 1. The minimum Gasteiger partial charge on any atom is -0.507 e. The fourth-order valence-corrected chi connectivity index (χ4v) is 3.27. The Balaban J connectivity index is 2.18. The molecule has 0 atom stereocenters. The summed E-state index contributed by atoms with van der Waals surface area (Å²) in [5, 5.41) is 10.9. The zero-order valence-electron chi connectivity index (χ0n) is 14.1. The van der Waals surface area contributed by atoms with Gasteiger partial charge in [0.1, 0.15) is 5.75 Å². The van der Waals surface area contributed by atoms with Gasteiger partial charge in [-0.05, 0) is 38.8 Å². The number of para-hydroxylation sites is 1. The van der Waals surface area contributed by atoms with E-state index in [4.69, 9.17) is 0 Å². The van der Waals surface area contributed by atoms with E-state index in [0.717, 1.165) is 22.3 Å². The van der Waals surface area contributed by atoms with Crippen LogP contribution in [0.3, 0.4) is 0 Å². The molecule has 0 aliphatic carbocycles. The molecule has 116 valence electrons. The molecular weight excluding hydrogens is 280 g/mol. The molecule has 0 amide bonds. The van der Waals surface area contributed by atoms with E-state index >= 15 is 0 Å². The summed E-state index contributed by atoms with van der Waals surface area (Å²) in [7, 11) is 0. The van der Waals surface area contributed by atoms with Crippen LogP contribution in [0.15, 0.2) is 54.6 Å². The summed E-state index contributed by atoms with van der Waals surface area (Å²) in [6.45, 7) is 8.34. The van der Waals surface area contributed by atoms with Crippen molar-refractivity contribution in [3.05, 3.63) is 76.9 Å². The number of benzene rings is 3. The zero-order chi connectivity index (χ0) is 16.6. The van der Waals surface area contributed by atoms with Gasteiger partial charge in [0.25, 0.3) is 0 Å². The van der Waals surface area contributed by atoms with Crippen molar-refractivity contribution in [2.24, 2.45) is 0 Å². The van der Waals surface area contributed by atoms with Crippen LogP contribution in [0, 0.1) is 27.7 Å². The van der Waals surface area contributed by atoms with Gasteiger partial charge in [0.2, 0.25) is 0 Å². The first-order valence-corrected chi connectivity index (χ1v) is 7.93. The van der Waals surface area contributed by atoms with E-state index in [1.54, 1.807) is 0 Å². The minimum atomic E-state index is 0.350. The van der Waals surface area contributed by atoms with Gasteiger partial charge in [0.05, 0.1) is 0 Å². The summed E-state index contributed by atoms with van der Waals surface area (Å²) in [5.41, 5.74) is 8.71. The van der Waals surface area contributed by atoms with Gasteiger partial charge in [-0.15, -0.1) is 0 Å². The van der Waals surface area contributed by atoms with E-state index in [0.29, 0.717) is 5.75 Å². The lowest BCUT2D eigenvalue weighted by Gasteiger charge is -2.13. The SMILES string of the molecule is Cc1cc(C)cc(-c2cccc(-c3cc(C)cc(C)c3)c2O)c1. The molecule has 1 N–H and O–H groups in total. The monoisotopic (exact) mass is 302 g/mol. The predicted octanol–water partition coefficient (Wildman–Crippen LogP) is 5.96. The maximum Gasteiger partial charge on any atom is 0.131 e. The number of rotatable bonds is 2. The van der Waals surface area contributed by atoms with Crippen LogP contribution < -0.4 is 0 Å². The minimum absolute atomic E-state index is 0.350. The van der Waals surface area contributed by atoms with E-state index < -0.39 is 0 Å². The van der Waals surface area contributed by atoms with E-state index in [-0.39, 0.29) is 0 Å². The van der Waals surface area contributed by atoms with Gasteiger partial charge in [-0.3, -0.25) is 0 Å². The molecule has 3 rings (SSSR count). The van der Waals surface area contributed by atoms with Crippen LogP contribution in [0.4, 0.5) is 0 Å². The van der Waals surface area contributed by atoms with Gasteiger partial charge in [-0.1, -0.05) is 76.9 Å². The standard InChI is InChI=1S/C22H22O/c1-14-8-15(2)11-18(10-14)20-6-5-7-21(22(20)23)19-12-16(3)9-17(4)13-19/h5-13,23H,1-4H3. The Morgan fingerprint density at radius 2 is 0.913 bits per heavy atom. The smallest absolute Gasteiger partial charge is 0.131 e. The third kappa shape index (κ3) is 3.14. The molecule has 0 saturated carbocycles. The molecule has 0 unspecified atom stereocenters. The number of aromatic hydroxyl groups is 1. The van der Waals surface area contributed by atoms with E-state index in [9.17, 15) is 5.11 Å². The van der Waals surface area contributed by atoms with Crippen molar-refractivity contribution >= 4 is 0 Å². The van der Waals surface area contributed by atoms with Gasteiger partial charge in [0, 0.05) is 11.1 Å². The molecule has 0 heterocycles. The van der Waals surface area contributed by atoms with Crippen LogP contribution in [0.2, 0.25) is 0 Å². The van der Waals surface area contributed by atoms with Gasteiger partial charge >= 0.3 is 0 Å². The Labute approximate surface area is 138 Å². The highest BCUT2D eigenvalue weighted by Crippen LogP contribution is 2.39. The topological polar surface area (TPSA) is 20.2 Å². The molecule has 0 fully saturated rings. The van der Waals surface area contributed by atoms with Crippen molar-refractivity contribution in [3.63, 3.8) is 0 Å². The molecule has 0 radical (unpaired) electrons. The predicted molar refractivity (Wildman–Crippen MR) is 97.9 cm³/mol. The normalized spacial score (nSPS) is 10.8. The van der Waals surface area contributed by atoms with Crippen molar-refractivity contribution in [1.82, 2.24) is 0 Å². The van der Waals surface area contributed by atoms with Crippen molar-refractivity contribution in [2.45, 2.75) is 27.7 Å². The third-order valence-electron chi connectivity index (χ3n) is 4.10. The fourth-order valence-electron chi connectivity index (χ4n) is 3.27. The number of aryl methyl sites for hydroxylation is 4. The van der Waals surface area contributed by atoms with Crippen LogP contribution in [0.25, 0.3) is 22.3 Å². The first-order chi connectivity index (χ1) is 10.9. The highest BCUT2D eigenvalue weighted by Gasteiger charge is 2.12. The lowest BCUT2D eigenvalue weighted by Crippen LogP contribution is -1.88. The average molecular weight is 302 g/mol. The van der Waals surface area contributed by atoms with Gasteiger partial charge in [0.15, 0.2) is 0 Å². The summed E-state index contributed by atoms with van der Waals surface area (Å²) in [4.78, 5) is 0. The summed E-state index contributed by atoms with van der Waals surface area (Å²) >= 11 is 0. The van der Waals surface area contributed by atoms with Crippen molar-refractivity contribution in [3.8, 4) is 28.0 Å². The molecular formula is C22H22O. The van der Waals surface area contributed by atoms with Gasteiger partial charge in [-0.25, -0.2) is 0 Å². The highest BCUT2D eigenvalue weighted by molar-refractivity contribution is 5.82. The van der Waals surface area contributed by atoms with Crippen molar-refractivity contribution < 1.29 is 5.11 Å². The largest absolute Gasteiger partial charge is 0.507 e. The van der Waals surface area contributed by atoms with E-state index in [1.165, 1.54) is 22.3 Å². The Bertz CT molecular complexity index is 765. The number of phenols is 1. The number of hydrogen-bond acceptors (Lipinski definition) is 1. The van der Waals surface area contributed by atoms with Gasteiger partial charge in [-0.2, -0.15) is 0 Å². The summed E-state index contributed by atoms with van der Waals surface area (Å²) in [6, 6.07) is 18.7. The van der Waals surface area contributed by atoms with Gasteiger partial charge < -0.3 is 5.11 Å². The lowest BCUT2D eigenvalue weighted by molar-refractivity contribution is 0.479. The summed E-state index contributed by atoms with van der Waals surface area (Å²) in [6.07, 6.45) is 0. The van der Waals surface area contributed by atoms with Crippen LogP contribution in [0.5, 0.6) is 5.75 Å². The Kier molecular flexibility index (Phi) is 3.96. The van der Waals surface area contributed by atoms with Crippen LogP contribution in [-0.2, 0) is 0 Å². The maximum atomic E-state index is 10.9. The fraction of sp³-hybridized carbons (Fsp3) is 0.182. The van der Waals surface area contributed by atoms with E-state index in [1.807, 2.05) is 18.2 Å². The second-order valence-electron chi connectivity index (χ2n) is 6.45. The Morgan fingerprint density at radius 1 is 0.565 bits per heavy atom. The van der Waals surface area contributed by atoms with Crippen molar-refractivity contribution in [1.29, 1.82) is 0 Å². The molecule has 1 heteroatoms. The molecule has 23 heavy (non-hydrogen) atoms. The summed E-state index contributed by atoms with van der Waals surface area (Å²) < 4.78 is 0. The molecule has 3 aromatic rings. The number of hydrogen-bond donors (Lipinski definition) is 1. The first kappa shape index (κ1) is 15.4. The molecule has 0 saturated heterocycles. The van der Waals surface area contributed by atoms with E-state index in [2.05, 4.69) is 64.1 Å². The third-order valence-corrected chi connectivity index (χ3v) is 4.10.